The number of ether oxygens (including phenoxy) is 3. The van der Waals surface area contributed by atoms with Crippen molar-refractivity contribution < 1.29 is 37.1 Å². The van der Waals surface area contributed by atoms with Crippen LogP contribution >= 0.6 is 0 Å². The number of aromatic nitrogens is 1. The number of methoxy groups -OCH3 is 1. The zero-order valence-corrected chi connectivity index (χ0v) is 32.7. The van der Waals surface area contributed by atoms with Gasteiger partial charge < -0.3 is 24.4 Å². The van der Waals surface area contributed by atoms with Crippen LogP contribution in [0.4, 0.5) is 16.2 Å². The molecule has 4 rings (SSSR count). The molecule has 1 aromatic heterocycles. The third-order valence-corrected chi connectivity index (χ3v) is 9.93. The first-order chi connectivity index (χ1) is 24.4. The standard InChI is InChI=1S/C39H54N4O8S/c1-10-11-20-52(46,47)42-33-24-29(38(3,4)5)23-32(35(33)48-9)41-36(44)28-13-12-26(2)34(22-28)49-31-14-17-40-30(25-31)21-27-15-18-43(19-16-27)51-37(45)50-39(6,7)8/h12-14,17,22-25,27,42H,10-11,15-16,18-21H2,1-9H3,(H,41,44). The van der Waals surface area contributed by atoms with Gasteiger partial charge in [0.15, 0.2) is 5.75 Å². The van der Waals surface area contributed by atoms with E-state index in [1.165, 1.54) is 7.11 Å². The van der Waals surface area contributed by atoms with Gasteiger partial charge in [0, 0.05) is 36.6 Å². The molecule has 12 nitrogen and oxygen atoms in total. The molecule has 52 heavy (non-hydrogen) atoms. The molecule has 0 spiro atoms. The molecule has 1 aliphatic heterocycles. The fourth-order valence-corrected chi connectivity index (χ4v) is 6.94. The van der Waals surface area contributed by atoms with Crippen molar-refractivity contribution in [2.45, 2.75) is 98.5 Å². The minimum Gasteiger partial charge on any atom is -0.492 e. The predicted octanol–water partition coefficient (Wildman–Crippen LogP) is 8.40. The van der Waals surface area contributed by atoms with Gasteiger partial charge in [-0.2, -0.15) is 0 Å². The van der Waals surface area contributed by atoms with E-state index in [1.807, 2.05) is 52.8 Å². The molecule has 1 fully saturated rings. The molecule has 0 radical (unpaired) electrons. The van der Waals surface area contributed by atoms with E-state index >= 15 is 0 Å². The lowest BCUT2D eigenvalue weighted by atomic mass is 9.86. The average Bonchev–Trinajstić information content (AvgIpc) is 3.04. The number of sulfonamides is 1. The van der Waals surface area contributed by atoms with Crippen LogP contribution in [0.15, 0.2) is 48.7 Å². The Morgan fingerprint density at radius 3 is 2.31 bits per heavy atom. The average molecular weight is 739 g/mol. The molecule has 2 N–H and O–H groups in total. The number of amides is 1. The molecule has 0 saturated carbocycles. The summed E-state index contributed by atoms with van der Waals surface area (Å²) in [6.07, 6.45) is 4.68. The van der Waals surface area contributed by atoms with Crippen LogP contribution in [-0.2, 0) is 31.4 Å². The van der Waals surface area contributed by atoms with Crippen LogP contribution in [0.5, 0.6) is 17.2 Å². The Bertz CT molecular complexity index is 1820. The van der Waals surface area contributed by atoms with Gasteiger partial charge in [-0.3, -0.25) is 14.5 Å². The van der Waals surface area contributed by atoms with Crippen molar-refractivity contribution >= 4 is 33.5 Å². The summed E-state index contributed by atoms with van der Waals surface area (Å²) in [5, 5.41) is 4.59. The molecule has 284 valence electrons. The second-order valence-electron chi connectivity index (χ2n) is 15.3. The normalized spacial score (nSPS) is 14.4. The number of aryl methyl sites for hydroxylation is 1. The molecule has 13 heteroatoms. The van der Waals surface area contributed by atoms with Crippen LogP contribution in [-0.4, -0.2) is 62.1 Å². The van der Waals surface area contributed by atoms with Crippen molar-refractivity contribution in [3.63, 3.8) is 0 Å². The largest absolute Gasteiger partial charge is 0.528 e. The summed E-state index contributed by atoms with van der Waals surface area (Å²) >= 11 is 0. The lowest BCUT2D eigenvalue weighted by Crippen LogP contribution is -2.38. The van der Waals surface area contributed by atoms with Gasteiger partial charge >= 0.3 is 6.16 Å². The molecule has 1 aliphatic rings. The molecule has 0 bridgehead atoms. The second kappa shape index (κ2) is 17.0. The van der Waals surface area contributed by atoms with Crippen molar-refractivity contribution in [1.82, 2.24) is 10.0 Å². The van der Waals surface area contributed by atoms with Gasteiger partial charge in [-0.1, -0.05) is 40.2 Å². The van der Waals surface area contributed by atoms with E-state index in [9.17, 15) is 18.0 Å². The number of hydroxylamine groups is 2. The molecule has 0 unspecified atom stereocenters. The SMILES string of the molecule is CCCCS(=O)(=O)Nc1cc(C(C)(C)C)cc(NC(=O)c2ccc(C)c(Oc3ccnc(CC4CCN(OC(=O)OC(C)(C)C)CC4)c3)c2)c1OC. The van der Waals surface area contributed by atoms with E-state index < -0.39 is 27.7 Å². The molecule has 0 aliphatic carbocycles. The lowest BCUT2D eigenvalue weighted by molar-refractivity contribution is -0.155. The van der Waals surface area contributed by atoms with E-state index in [0.717, 1.165) is 42.5 Å². The molecule has 0 atom stereocenters. The summed E-state index contributed by atoms with van der Waals surface area (Å²) in [5.41, 5.74) is 2.53. The number of carbonyl (C=O) groups excluding carboxylic acids is 2. The zero-order valence-electron chi connectivity index (χ0n) is 31.9. The van der Waals surface area contributed by atoms with Crippen LogP contribution in [0.25, 0.3) is 0 Å². The highest BCUT2D eigenvalue weighted by Crippen LogP contribution is 2.40. The van der Waals surface area contributed by atoms with Crippen LogP contribution < -0.4 is 19.5 Å². The summed E-state index contributed by atoms with van der Waals surface area (Å²) in [4.78, 5) is 35.7. The van der Waals surface area contributed by atoms with Gasteiger partial charge in [-0.25, -0.2) is 13.2 Å². The fraction of sp³-hybridized carbons (Fsp3) is 0.513. The summed E-state index contributed by atoms with van der Waals surface area (Å²) in [6.45, 7) is 16.5. The maximum Gasteiger partial charge on any atom is 0.528 e. The smallest absolute Gasteiger partial charge is 0.492 e. The number of hydrogen-bond acceptors (Lipinski definition) is 10. The lowest BCUT2D eigenvalue weighted by Gasteiger charge is -2.30. The van der Waals surface area contributed by atoms with Crippen molar-refractivity contribution in [1.29, 1.82) is 0 Å². The number of pyridine rings is 1. The molecule has 3 aromatic rings. The molecule has 1 saturated heterocycles. The number of nitrogens with one attached hydrogen (secondary N) is 2. The first-order valence-corrected chi connectivity index (χ1v) is 19.4. The van der Waals surface area contributed by atoms with E-state index in [4.69, 9.17) is 19.0 Å². The quantitative estimate of drug-likeness (QED) is 0.164. The summed E-state index contributed by atoms with van der Waals surface area (Å²) < 4.78 is 45.6. The van der Waals surface area contributed by atoms with E-state index in [2.05, 4.69) is 15.0 Å². The van der Waals surface area contributed by atoms with Crippen molar-refractivity contribution in [3.8, 4) is 17.2 Å². The summed E-state index contributed by atoms with van der Waals surface area (Å²) in [7, 11) is -2.20. The highest BCUT2D eigenvalue weighted by molar-refractivity contribution is 7.92. The Morgan fingerprint density at radius 1 is 0.981 bits per heavy atom. The van der Waals surface area contributed by atoms with Gasteiger partial charge in [0.1, 0.15) is 17.1 Å². The summed E-state index contributed by atoms with van der Waals surface area (Å²) in [5.74, 6) is 1.25. The number of anilines is 2. The number of nitrogens with zero attached hydrogens (tertiary/aromatic N) is 2. The van der Waals surface area contributed by atoms with Gasteiger partial charge in [0.2, 0.25) is 10.0 Å². The number of benzene rings is 2. The van der Waals surface area contributed by atoms with Crippen molar-refractivity contribution in [2.75, 3.05) is 36.0 Å². The maximum atomic E-state index is 13.7. The van der Waals surface area contributed by atoms with Gasteiger partial charge in [0.05, 0.1) is 24.2 Å². The monoisotopic (exact) mass is 738 g/mol. The van der Waals surface area contributed by atoms with E-state index in [1.54, 1.807) is 56.3 Å². The van der Waals surface area contributed by atoms with Gasteiger partial charge in [-0.05, 0) is 106 Å². The number of unbranched alkanes of at least 4 members (excludes halogenated alkanes) is 1. The Morgan fingerprint density at radius 2 is 1.67 bits per heavy atom. The highest BCUT2D eigenvalue weighted by atomic mass is 32.2. The Kier molecular flexibility index (Phi) is 13.2. The first-order valence-electron chi connectivity index (χ1n) is 17.8. The third-order valence-electron chi connectivity index (χ3n) is 8.57. The number of carbonyl (C=O) groups is 2. The molecular weight excluding hydrogens is 685 g/mol. The van der Waals surface area contributed by atoms with Crippen molar-refractivity contribution in [2.24, 2.45) is 5.92 Å². The Labute approximate surface area is 308 Å². The Balaban J connectivity index is 1.46. The number of hydrogen-bond donors (Lipinski definition) is 2. The van der Waals surface area contributed by atoms with Crippen LogP contribution in [0.1, 0.15) is 101 Å². The molecule has 2 aromatic carbocycles. The highest BCUT2D eigenvalue weighted by Gasteiger charge is 2.26. The molecule has 1 amide bonds. The fourth-order valence-electron chi connectivity index (χ4n) is 5.68. The maximum absolute atomic E-state index is 13.7. The third kappa shape index (κ3) is 11.8. The van der Waals surface area contributed by atoms with Crippen molar-refractivity contribution in [3.05, 3.63) is 71.0 Å². The van der Waals surface area contributed by atoms with E-state index in [-0.39, 0.29) is 22.6 Å². The van der Waals surface area contributed by atoms with Crippen LogP contribution in [0.3, 0.4) is 0 Å². The second-order valence-corrected chi connectivity index (χ2v) is 17.1. The van der Waals surface area contributed by atoms with Gasteiger partial charge in [0.25, 0.3) is 5.91 Å². The van der Waals surface area contributed by atoms with Crippen LogP contribution in [0.2, 0.25) is 0 Å². The Hall–Kier alpha value is -4.36. The van der Waals surface area contributed by atoms with E-state index in [0.29, 0.717) is 48.2 Å². The van der Waals surface area contributed by atoms with Gasteiger partial charge in [-0.15, -0.1) is 5.06 Å². The summed E-state index contributed by atoms with van der Waals surface area (Å²) in [6, 6.07) is 12.4. The first kappa shape index (κ1) is 40.4. The topological polar surface area (TPSA) is 145 Å². The van der Waals surface area contributed by atoms with Crippen LogP contribution in [0, 0.1) is 12.8 Å². The number of rotatable bonds is 13. The molecule has 2 heterocycles. The minimum atomic E-state index is -3.64. The number of piperidine rings is 1. The predicted molar refractivity (Wildman–Crippen MR) is 203 cm³/mol. The minimum absolute atomic E-state index is 0.0225. The molecular formula is C39H54N4O8S. The zero-order chi connectivity index (χ0) is 38.3.